The maximum absolute atomic E-state index is 10.5. The first-order valence-corrected chi connectivity index (χ1v) is 6.53. The van der Waals surface area contributed by atoms with Crippen LogP contribution in [0, 0.1) is 10.1 Å². The second kappa shape index (κ2) is 6.69. The molecule has 0 radical (unpaired) electrons. The summed E-state index contributed by atoms with van der Waals surface area (Å²) in [5, 5.41) is 10.5. The predicted octanol–water partition coefficient (Wildman–Crippen LogP) is 4.16. The molecule has 0 unspecified atom stereocenters. The lowest BCUT2D eigenvalue weighted by Gasteiger charge is -2.02. The molecule has 0 bridgehead atoms. The van der Waals surface area contributed by atoms with Crippen LogP contribution in [0.3, 0.4) is 0 Å². The number of hydrogen-bond donors (Lipinski definition) is 0. The average molecular weight is 255 g/mol. The Bertz CT molecular complexity index is 520. The highest BCUT2D eigenvalue weighted by Gasteiger charge is 2.03. The van der Waals surface area contributed by atoms with Gasteiger partial charge in [-0.3, -0.25) is 10.1 Å². The first-order chi connectivity index (χ1) is 9.25. The quantitative estimate of drug-likeness (QED) is 0.442. The van der Waals surface area contributed by atoms with Crippen LogP contribution in [-0.2, 0) is 12.8 Å². The minimum absolute atomic E-state index is 0.160. The molecule has 3 heteroatoms. The molecule has 2 aromatic carbocycles. The molecule has 19 heavy (non-hydrogen) atoms. The molecule has 0 fully saturated rings. The Morgan fingerprint density at radius 2 is 1.32 bits per heavy atom. The van der Waals surface area contributed by atoms with Crippen LogP contribution in [0.15, 0.2) is 54.6 Å². The maximum Gasteiger partial charge on any atom is 0.269 e. The highest BCUT2D eigenvalue weighted by atomic mass is 16.6. The van der Waals surface area contributed by atoms with E-state index in [-0.39, 0.29) is 10.6 Å². The Morgan fingerprint density at radius 1 is 0.789 bits per heavy atom. The van der Waals surface area contributed by atoms with Gasteiger partial charge in [-0.1, -0.05) is 42.5 Å². The molecule has 0 saturated carbocycles. The van der Waals surface area contributed by atoms with Gasteiger partial charge in [-0.25, -0.2) is 0 Å². The van der Waals surface area contributed by atoms with Gasteiger partial charge in [0.1, 0.15) is 0 Å². The van der Waals surface area contributed by atoms with Crippen molar-refractivity contribution in [2.45, 2.75) is 25.7 Å². The SMILES string of the molecule is O=[N+]([O-])c1ccc(CCCCc2ccccc2)cc1. The standard InChI is InChI=1S/C16H17NO2/c18-17(19)16-12-10-15(11-13-16)9-5-4-8-14-6-2-1-3-7-14/h1-3,6-7,10-13H,4-5,8-9H2. The van der Waals surface area contributed by atoms with E-state index in [1.807, 2.05) is 18.2 Å². The molecule has 3 nitrogen and oxygen atoms in total. The normalized spacial score (nSPS) is 10.3. The van der Waals surface area contributed by atoms with E-state index >= 15 is 0 Å². The molecule has 0 aliphatic heterocycles. The van der Waals surface area contributed by atoms with Crippen LogP contribution >= 0.6 is 0 Å². The van der Waals surface area contributed by atoms with Crippen LogP contribution in [0.25, 0.3) is 0 Å². The molecule has 0 N–H and O–H groups in total. The van der Waals surface area contributed by atoms with Gasteiger partial charge < -0.3 is 0 Å². The van der Waals surface area contributed by atoms with Crippen molar-refractivity contribution < 1.29 is 4.92 Å². The van der Waals surface area contributed by atoms with Gasteiger partial charge in [0.2, 0.25) is 0 Å². The summed E-state index contributed by atoms with van der Waals surface area (Å²) in [6.45, 7) is 0. The number of non-ortho nitro benzene ring substituents is 1. The maximum atomic E-state index is 10.5. The molecule has 0 spiro atoms. The number of aryl methyl sites for hydroxylation is 2. The summed E-state index contributed by atoms with van der Waals surface area (Å²) in [4.78, 5) is 10.2. The van der Waals surface area contributed by atoms with Crippen molar-refractivity contribution in [3.05, 3.63) is 75.8 Å². The summed E-state index contributed by atoms with van der Waals surface area (Å²) in [5.74, 6) is 0. The second-order valence-corrected chi connectivity index (χ2v) is 4.62. The smallest absolute Gasteiger partial charge is 0.258 e. The average Bonchev–Trinajstić information content (AvgIpc) is 2.45. The number of hydrogen-bond acceptors (Lipinski definition) is 2. The van der Waals surface area contributed by atoms with Crippen molar-refractivity contribution in [3.63, 3.8) is 0 Å². The van der Waals surface area contributed by atoms with Gasteiger partial charge in [0, 0.05) is 12.1 Å². The van der Waals surface area contributed by atoms with Crippen molar-refractivity contribution >= 4 is 5.69 Å². The van der Waals surface area contributed by atoms with Gasteiger partial charge in [0.05, 0.1) is 4.92 Å². The lowest BCUT2D eigenvalue weighted by Crippen LogP contribution is -1.91. The number of rotatable bonds is 6. The van der Waals surface area contributed by atoms with Gasteiger partial charge in [-0.2, -0.15) is 0 Å². The summed E-state index contributed by atoms with van der Waals surface area (Å²) in [5.41, 5.74) is 2.69. The topological polar surface area (TPSA) is 43.1 Å². The first-order valence-electron chi connectivity index (χ1n) is 6.53. The summed E-state index contributed by atoms with van der Waals surface area (Å²) in [6.07, 6.45) is 4.31. The Kier molecular flexibility index (Phi) is 4.67. The molecule has 2 aromatic rings. The van der Waals surface area contributed by atoms with Gasteiger partial charge in [0.15, 0.2) is 0 Å². The summed E-state index contributed by atoms with van der Waals surface area (Å²) >= 11 is 0. The minimum Gasteiger partial charge on any atom is -0.258 e. The fourth-order valence-electron chi connectivity index (χ4n) is 2.09. The predicted molar refractivity (Wildman–Crippen MR) is 76.2 cm³/mol. The molecular formula is C16H17NO2. The van der Waals surface area contributed by atoms with Crippen molar-refractivity contribution in [3.8, 4) is 0 Å². The zero-order valence-electron chi connectivity index (χ0n) is 10.8. The third kappa shape index (κ3) is 4.21. The van der Waals surface area contributed by atoms with E-state index in [0.717, 1.165) is 25.7 Å². The number of unbranched alkanes of at least 4 members (excludes halogenated alkanes) is 1. The number of nitro groups is 1. The first kappa shape index (κ1) is 13.3. The van der Waals surface area contributed by atoms with Gasteiger partial charge >= 0.3 is 0 Å². The van der Waals surface area contributed by atoms with Crippen molar-refractivity contribution in [1.29, 1.82) is 0 Å². The van der Waals surface area contributed by atoms with Crippen molar-refractivity contribution in [2.24, 2.45) is 0 Å². The molecule has 98 valence electrons. The number of nitro benzene ring substituents is 1. The Labute approximate surface area is 113 Å². The second-order valence-electron chi connectivity index (χ2n) is 4.62. The van der Waals surface area contributed by atoms with Crippen molar-refractivity contribution in [1.82, 2.24) is 0 Å². The van der Waals surface area contributed by atoms with E-state index in [0.29, 0.717) is 0 Å². The molecule has 0 amide bonds. The van der Waals surface area contributed by atoms with E-state index in [1.54, 1.807) is 12.1 Å². The Morgan fingerprint density at radius 3 is 1.84 bits per heavy atom. The van der Waals surface area contributed by atoms with Gasteiger partial charge in [-0.05, 0) is 36.8 Å². The molecule has 0 heterocycles. The fraction of sp³-hybridized carbons (Fsp3) is 0.250. The minimum atomic E-state index is -0.362. The third-order valence-corrected chi connectivity index (χ3v) is 3.17. The highest BCUT2D eigenvalue weighted by molar-refractivity contribution is 5.32. The van der Waals surface area contributed by atoms with Crippen LogP contribution in [0.2, 0.25) is 0 Å². The van der Waals surface area contributed by atoms with Gasteiger partial charge in [0.25, 0.3) is 5.69 Å². The zero-order valence-corrected chi connectivity index (χ0v) is 10.8. The van der Waals surface area contributed by atoms with Crippen molar-refractivity contribution in [2.75, 3.05) is 0 Å². The Balaban J connectivity index is 1.75. The summed E-state index contributed by atoms with van der Waals surface area (Å²) in [6, 6.07) is 17.3. The number of benzene rings is 2. The van der Waals surface area contributed by atoms with Crippen LogP contribution in [-0.4, -0.2) is 4.92 Å². The molecule has 0 aliphatic rings. The van der Waals surface area contributed by atoms with E-state index < -0.39 is 0 Å². The summed E-state index contributed by atoms with van der Waals surface area (Å²) < 4.78 is 0. The van der Waals surface area contributed by atoms with Crippen LogP contribution < -0.4 is 0 Å². The third-order valence-electron chi connectivity index (χ3n) is 3.17. The molecule has 0 aromatic heterocycles. The molecule has 2 rings (SSSR count). The number of nitrogens with zero attached hydrogens (tertiary/aromatic N) is 1. The van der Waals surface area contributed by atoms with E-state index in [9.17, 15) is 10.1 Å². The van der Waals surface area contributed by atoms with Gasteiger partial charge in [-0.15, -0.1) is 0 Å². The molecule has 0 saturated heterocycles. The molecule has 0 aliphatic carbocycles. The zero-order chi connectivity index (χ0) is 13.5. The van der Waals surface area contributed by atoms with E-state index in [1.165, 1.54) is 11.1 Å². The molecular weight excluding hydrogens is 238 g/mol. The molecule has 0 atom stereocenters. The monoisotopic (exact) mass is 255 g/mol. The Hall–Kier alpha value is -2.16. The van der Waals surface area contributed by atoms with Crippen LogP contribution in [0.1, 0.15) is 24.0 Å². The largest absolute Gasteiger partial charge is 0.269 e. The lowest BCUT2D eigenvalue weighted by atomic mass is 10.0. The highest BCUT2D eigenvalue weighted by Crippen LogP contribution is 2.14. The van der Waals surface area contributed by atoms with E-state index in [4.69, 9.17) is 0 Å². The fourth-order valence-corrected chi connectivity index (χ4v) is 2.09. The lowest BCUT2D eigenvalue weighted by molar-refractivity contribution is -0.384. The van der Waals surface area contributed by atoms with Crippen LogP contribution in [0.4, 0.5) is 5.69 Å². The van der Waals surface area contributed by atoms with E-state index in [2.05, 4.69) is 24.3 Å². The summed E-state index contributed by atoms with van der Waals surface area (Å²) in [7, 11) is 0. The van der Waals surface area contributed by atoms with Crippen LogP contribution in [0.5, 0.6) is 0 Å².